The second-order valence-corrected chi connectivity index (χ2v) is 7.30. The van der Waals surface area contributed by atoms with Crippen LogP contribution in [0.3, 0.4) is 0 Å². The lowest BCUT2D eigenvalue weighted by molar-refractivity contribution is -0.128. The molecule has 2 N–H and O–H groups in total. The number of amides is 1. The number of hydrogen-bond donors (Lipinski definition) is 1. The van der Waals surface area contributed by atoms with Crippen LogP contribution in [-0.2, 0) is 16.8 Å². The first-order chi connectivity index (χ1) is 12.3. The predicted octanol–water partition coefficient (Wildman–Crippen LogP) is 2.06. The lowest BCUT2D eigenvalue weighted by Gasteiger charge is -2.32. The molecule has 3 rings (SSSR count). The minimum Gasteiger partial charge on any atom is -0.369 e. The van der Waals surface area contributed by atoms with Gasteiger partial charge in [-0.2, -0.15) is 0 Å². The highest BCUT2D eigenvalue weighted by Gasteiger charge is 2.37. The Morgan fingerprint density at radius 3 is 2.77 bits per heavy atom. The number of aromatic nitrogens is 2. The molecule has 1 unspecified atom stereocenters. The maximum Gasteiger partial charge on any atom is 0.231 e. The zero-order valence-corrected chi connectivity index (χ0v) is 16.0. The van der Waals surface area contributed by atoms with E-state index in [1.165, 1.54) is 4.90 Å². The molecule has 0 bridgehead atoms. The summed E-state index contributed by atoms with van der Waals surface area (Å²) in [6.45, 7) is 1.81. The van der Waals surface area contributed by atoms with Gasteiger partial charge in [-0.1, -0.05) is 0 Å². The fraction of sp³-hybridized carbons (Fsp3) is 0.278. The molecule has 0 aromatic carbocycles. The van der Waals surface area contributed by atoms with Crippen molar-refractivity contribution in [1.82, 2.24) is 14.9 Å². The number of guanidine groups is 1. The number of carbonyl (C=O) groups is 2. The Hall–Kier alpha value is -2.61. The summed E-state index contributed by atoms with van der Waals surface area (Å²) >= 11 is 3.30. The fourth-order valence-corrected chi connectivity index (χ4v) is 2.99. The van der Waals surface area contributed by atoms with E-state index in [2.05, 4.69) is 30.9 Å². The highest BCUT2D eigenvalue weighted by Crippen LogP contribution is 2.31. The summed E-state index contributed by atoms with van der Waals surface area (Å²) in [6, 6.07) is 7.02. The summed E-state index contributed by atoms with van der Waals surface area (Å²) in [7, 11) is 1.59. The molecule has 8 heteroatoms. The highest BCUT2D eigenvalue weighted by molar-refractivity contribution is 9.10. The number of hydrogen-bond acceptors (Lipinski definition) is 6. The number of Topliss-reactive ketones (excluding diaryl/α,β-unsaturated/α-hetero) is 1. The summed E-state index contributed by atoms with van der Waals surface area (Å²) in [5.41, 5.74) is 6.79. The molecule has 3 heterocycles. The van der Waals surface area contributed by atoms with Gasteiger partial charge in [-0.05, 0) is 52.7 Å². The zero-order valence-electron chi connectivity index (χ0n) is 14.4. The van der Waals surface area contributed by atoms with Crippen molar-refractivity contribution in [3.05, 3.63) is 58.1 Å². The molecule has 26 heavy (non-hydrogen) atoms. The Balaban J connectivity index is 1.85. The first-order valence-electron chi connectivity index (χ1n) is 8.00. The van der Waals surface area contributed by atoms with Gasteiger partial charge in [0.15, 0.2) is 11.7 Å². The minimum atomic E-state index is -0.845. The van der Waals surface area contributed by atoms with Crippen LogP contribution in [0.2, 0.25) is 0 Å². The van der Waals surface area contributed by atoms with Crippen LogP contribution in [0.15, 0.2) is 46.1 Å². The van der Waals surface area contributed by atoms with E-state index in [1.807, 2.05) is 6.92 Å². The lowest BCUT2D eigenvalue weighted by atomic mass is 9.90. The molecule has 1 amide bonds. The molecule has 2 aromatic rings. The second kappa shape index (κ2) is 6.95. The Morgan fingerprint density at radius 1 is 1.35 bits per heavy atom. The van der Waals surface area contributed by atoms with Crippen LogP contribution in [0, 0.1) is 0 Å². The molecule has 1 aliphatic heterocycles. The molecule has 1 atom stereocenters. The van der Waals surface area contributed by atoms with Gasteiger partial charge in [0.05, 0.1) is 12.1 Å². The standard InChI is InChI=1S/C18H18BrN5O2/c1-18(9-16(26)24(2)17(20)23-18)15-8-11(5-6-21-15)7-14(25)13-4-3-12(19)10-22-13/h3-6,8,10H,7,9H2,1-2H3,(H2,20,23). The van der Waals surface area contributed by atoms with Gasteiger partial charge in [-0.3, -0.25) is 24.5 Å². The van der Waals surface area contributed by atoms with Gasteiger partial charge >= 0.3 is 0 Å². The summed E-state index contributed by atoms with van der Waals surface area (Å²) in [4.78, 5) is 38.8. The topological polar surface area (TPSA) is 102 Å². The molecule has 0 saturated carbocycles. The Kier molecular flexibility index (Phi) is 4.86. The molecule has 0 radical (unpaired) electrons. The van der Waals surface area contributed by atoms with E-state index in [0.29, 0.717) is 11.4 Å². The predicted molar refractivity (Wildman–Crippen MR) is 101 cm³/mol. The first kappa shape index (κ1) is 18.2. The maximum atomic E-state index is 12.4. The summed E-state index contributed by atoms with van der Waals surface area (Å²) in [6.07, 6.45) is 3.57. The summed E-state index contributed by atoms with van der Waals surface area (Å²) < 4.78 is 0.815. The van der Waals surface area contributed by atoms with E-state index in [4.69, 9.17) is 5.73 Å². The molecule has 2 aromatic heterocycles. The van der Waals surface area contributed by atoms with Crippen LogP contribution >= 0.6 is 15.9 Å². The first-order valence-corrected chi connectivity index (χ1v) is 8.80. The van der Waals surface area contributed by atoms with Crippen molar-refractivity contribution in [2.75, 3.05) is 7.05 Å². The minimum absolute atomic E-state index is 0.0951. The quantitative estimate of drug-likeness (QED) is 0.769. The molecule has 0 spiro atoms. The van der Waals surface area contributed by atoms with Crippen molar-refractivity contribution < 1.29 is 9.59 Å². The highest BCUT2D eigenvalue weighted by atomic mass is 79.9. The molecular formula is C18H18BrN5O2. The van der Waals surface area contributed by atoms with Crippen molar-refractivity contribution in [1.29, 1.82) is 0 Å². The Bertz CT molecular complexity index is 897. The lowest BCUT2D eigenvalue weighted by Crippen LogP contribution is -2.47. The molecule has 0 aliphatic carbocycles. The Labute approximate surface area is 159 Å². The largest absolute Gasteiger partial charge is 0.369 e. The third kappa shape index (κ3) is 3.65. The van der Waals surface area contributed by atoms with E-state index < -0.39 is 5.54 Å². The van der Waals surface area contributed by atoms with Gasteiger partial charge in [-0.15, -0.1) is 0 Å². The van der Waals surface area contributed by atoms with Crippen molar-refractivity contribution in [2.45, 2.75) is 25.3 Å². The van der Waals surface area contributed by atoms with Gasteiger partial charge in [0, 0.05) is 30.3 Å². The van der Waals surface area contributed by atoms with Crippen LogP contribution in [0.5, 0.6) is 0 Å². The number of pyridine rings is 2. The van der Waals surface area contributed by atoms with E-state index >= 15 is 0 Å². The molecule has 0 saturated heterocycles. The number of halogens is 1. The average Bonchev–Trinajstić information content (AvgIpc) is 2.60. The number of rotatable bonds is 4. The van der Waals surface area contributed by atoms with Crippen LogP contribution in [0.4, 0.5) is 0 Å². The number of carbonyl (C=O) groups excluding carboxylic acids is 2. The van der Waals surface area contributed by atoms with Crippen molar-refractivity contribution in [3.8, 4) is 0 Å². The van der Waals surface area contributed by atoms with Crippen molar-refractivity contribution in [2.24, 2.45) is 10.7 Å². The number of ketones is 1. The normalized spacial score (nSPS) is 20.0. The molecule has 0 fully saturated rings. The van der Waals surface area contributed by atoms with Crippen LogP contribution in [0.1, 0.15) is 35.1 Å². The monoisotopic (exact) mass is 415 g/mol. The summed E-state index contributed by atoms with van der Waals surface area (Å²) in [5.74, 6) is -0.0595. The third-order valence-electron chi connectivity index (χ3n) is 4.33. The number of nitrogens with two attached hydrogens (primary N) is 1. The van der Waals surface area contributed by atoms with Crippen LogP contribution in [-0.4, -0.2) is 39.6 Å². The van der Waals surface area contributed by atoms with Gasteiger partial charge in [0.25, 0.3) is 0 Å². The molecule has 134 valence electrons. The van der Waals surface area contributed by atoms with Gasteiger partial charge < -0.3 is 5.73 Å². The Morgan fingerprint density at radius 2 is 2.12 bits per heavy atom. The molecular weight excluding hydrogens is 398 g/mol. The zero-order chi connectivity index (χ0) is 18.9. The molecule has 7 nitrogen and oxygen atoms in total. The molecule has 1 aliphatic rings. The van der Waals surface area contributed by atoms with Crippen molar-refractivity contribution in [3.63, 3.8) is 0 Å². The van der Waals surface area contributed by atoms with Crippen molar-refractivity contribution >= 4 is 33.6 Å². The van der Waals surface area contributed by atoms with E-state index in [0.717, 1.165) is 10.0 Å². The fourth-order valence-electron chi connectivity index (χ4n) is 2.75. The van der Waals surface area contributed by atoms with Gasteiger partial charge in [0.1, 0.15) is 11.2 Å². The maximum absolute atomic E-state index is 12.4. The van der Waals surface area contributed by atoms with Gasteiger partial charge in [0.2, 0.25) is 5.91 Å². The SMILES string of the molecule is CN1C(=O)CC(C)(c2cc(CC(=O)c3ccc(Br)cn3)ccn2)N=C1N. The van der Waals surface area contributed by atoms with E-state index in [-0.39, 0.29) is 30.5 Å². The second-order valence-electron chi connectivity index (χ2n) is 6.38. The summed E-state index contributed by atoms with van der Waals surface area (Å²) in [5, 5.41) is 0. The third-order valence-corrected chi connectivity index (χ3v) is 4.80. The number of nitrogens with zero attached hydrogens (tertiary/aromatic N) is 4. The smallest absolute Gasteiger partial charge is 0.231 e. The number of aliphatic imine (C=N–C) groups is 1. The van der Waals surface area contributed by atoms with Crippen LogP contribution < -0.4 is 5.73 Å². The van der Waals surface area contributed by atoms with E-state index in [9.17, 15) is 9.59 Å². The van der Waals surface area contributed by atoms with E-state index in [1.54, 1.807) is 43.7 Å². The van der Waals surface area contributed by atoms with Crippen LogP contribution in [0.25, 0.3) is 0 Å². The average molecular weight is 416 g/mol. The van der Waals surface area contributed by atoms with Gasteiger partial charge in [-0.25, -0.2) is 4.99 Å².